The van der Waals surface area contributed by atoms with E-state index >= 15 is 0 Å². The molecule has 2 aromatic carbocycles. The number of anilines is 2. The largest absolute Gasteiger partial charge is 0.399 e. The standard InChI is InChI=1S/C30H37N7O7/c31-22-3-1-20(2-4-22)25(36-32)18-33-10-12-43-14-16-44-15-13-42-11-9-28(39)34-23-5-6-24-21(17-23)19-37(30(24)41)26-7-8-27(38)35-29(26)40/h1-6,17-18,26,32-33H,7-16,19,31H2,(H,34,39)(H,35,38,40)/b25-18-,36-32?. The highest BCUT2D eigenvalue weighted by atomic mass is 16.5. The number of nitrogens with one attached hydrogen (secondary N) is 4. The van der Waals surface area contributed by atoms with Crippen molar-refractivity contribution in [3.8, 4) is 0 Å². The van der Waals surface area contributed by atoms with Crippen LogP contribution in [0.25, 0.3) is 5.70 Å². The van der Waals surface area contributed by atoms with Gasteiger partial charge in [-0.05, 0) is 42.3 Å². The van der Waals surface area contributed by atoms with Crippen molar-refractivity contribution in [1.29, 1.82) is 5.53 Å². The number of rotatable bonds is 17. The van der Waals surface area contributed by atoms with Gasteiger partial charge in [-0.3, -0.25) is 24.5 Å². The Hall–Kier alpha value is -4.66. The summed E-state index contributed by atoms with van der Waals surface area (Å²) in [4.78, 5) is 50.3. The second kappa shape index (κ2) is 16.3. The first-order valence-corrected chi connectivity index (χ1v) is 14.3. The molecule has 14 heteroatoms. The summed E-state index contributed by atoms with van der Waals surface area (Å²) in [5.74, 6) is -1.29. The average Bonchev–Trinajstić information content (AvgIpc) is 3.33. The molecule has 0 radical (unpaired) electrons. The van der Waals surface area contributed by atoms with E-state index in [1.165, 1.54) is 4.90 Å². The minimum Gasteiger partial charge on any atom is -0.399 e. The number of nitrogen functional groups attached to an aromatic ring is 1. The Morgan fingerprint density at radius 2 is 1.73 bits per heavy atom. The molecule has 1 unspecified atom stereocenters. The lowest BCUT2D eigenvalue weighted by Crippen LogP contribution is -2.52. The van der Waals surface area contributed by atoms with Crippen LogP contribution >= 0.6 is 0 Å². The second-order valence-corrected chi connectivity index (χ2v) is 10.1. The molecule has 14 nitrogen and oxygen atoms in total. The zero-order valence-electron chi connectivity index (χ0n) is 24.3. The van der Waals surface area contributed by atoms with Gasteiger partial charge in [0.05, 0.1) is 46.1 Å². The van der Waals surface area contributed by atoms with Crippen LogP contribution in [0.4, 0.5) is 11.4 Å². The van der Waals surface area contributed by atoms with Crippen molar-refractivity contribution in [2.24, 2.45) is 5.11 Å². The Labute approximate surface area is 254 Å². The summed E-state index contributed by atoms with van der Waals surface area (Å²) in [6.45, 7) is 2.98. The fourth-order valence-corrected chi connectivity index (χ4v) is 4.72. The van der Waals surface area contributed by atoms with Crippen molar-refractivity contribution < 1.29 is 33.4 Å². The lowest BCUT2D eigenvalue weighted by Gasteiger charge is -2.29. The van der Waals surface area contributed by atoms with Crippen LogP contribution in [-0.4, -0.2) is 80.8 Å². The molecular formula is C30H37N7O7. The topological polar surface area (TPSA) is 198 Å². The van der Waals surface area contributed by atoms with Crippen LogP contribution in [0, 0.1) is 5.53 Å². The number of imide groups is 1. The van der Waals surface area contributed by atoms with E-state index in [0.29, 0.717) is 74.2 Å². The smallest absolute Gasteiger partial charge is 0.255 e. The molecule has 44 heavy (non-hydrogen) atoms. The number of hydrogen-bond acceptors (Lipinski definition) is 11. The van der Waals surface area contributed by atoms with Crippen LogP contribution in [0.5, 0.6) is 0 Å². The molecule has 2 aliphatic rings. The number of benzene rings is 2. The monoisotopic (exact) mass is 607 g/mol. The Bertz CT molecular complexity index is 1380. The Kier molecular flexibility index (Phi) is 11.9. The molecule has 1 fully saturated rings. The highest BCUT2D eigenvalue weighted by Gasteiger charge is 2.39. The van der Waals surface area contributed by atoms with Crippen molar-refractivity contribution >= 4 is 40.7 Å². The maximum Gasteiger partial charge on any atom is 0.255 e. The minimum atomic E-state index is -0.684. The van der Waals surface area contributed by atoms with Crippen LogP contribution in [0.3, 0.4) is 0 Å². The van der Waals surface area contributed by atoms with E-state index in [1.807, 2.05) is 0 Å². The molecule has 1 saturated heterocycles. The van der Waals surface area contributed by atoms with Gasteiger partial charge in [-0.2, -0.15) is 5.11 Å². The average molecular weight is 608 g/mol. The van der Waals surface area contributed by atoms with Crippen molar-refractivity contribution in [3.63, 3.8) is 0 Å². The fourth-order valence-electron chi connectivity index (χ4n) is 4.72. The second-order valence-electron chi connectivity index (χ2n) is 10.1. The molecule has 0 saturated carbocycles. The Balaban J connectivity index is 1.02. The number of ether oxygens (including phenoxy) is 3. The van der Waals surface area contributed by atoms with Crippen LogP contribution in [0.2, 0.25) is 0 Å². The van der Waals surface area contributed by atoms with Gasteiger partial charge in [-0.15, -0.1) is 0 Å². The van der Waals surface area contributed by atoms with Crippen molar-refractivity contribution in [2.45, 2.75) is 31.8 Å². The molecule has 234 valence electrons. The van der Waals surface area contributed by atoms with Gasteiger partial charge in [-0.1, -0.05) is 12.1 Å². The number of nitrogens with zero attached hydrogens (tertiary/aromatic N) is 2. The lowest BCUT2D eigenvalue weighted by atomic mass is 10.0. The van der Waals surface area contributed by atoms with Gasteiger partial charge < -0.3 is 35.5 Å². The number of carbonyl (C=O) groups excluding carboxylic acids is 4. The van der Waals surface area contributed by atoms with Gasteiger partial charge in [0.2, 0.25) is 17.7 Å². The molecule has 0 spiro atoms. The summed E-state index contributed by atoms with van der Waals surface area (Å²) in [5.41, 5.74) is 16.7. The third-order valence-electron chi connectivity index (χ3n) is 6.98. The Morgan fingerprint density at radius 1 is 1.02 bits per heavy atom. The van der Waals surface area contributed by atoms with Gasteiger partial charge in [-0.25, -0.2) is 5.53 Å². The molecule has 0 bridgehead atoms. The molecular weight excluding hydrogens is 570 g/mol. The van der Waals surface area contributed by atoms with E-state index in [9.17, 15) is 19.2 Å². The molecule has 2 aliphatic heterocycles. The van der Waals surface area contributed by atoms with Crippen LogP contribution in [0.1, 0.15) is 40.7 Å². The summed E-state index contributed by atoms with van der Waals surface area (Å²) in [6, 6.07) is 11.4. The van der Waals surface area contributed by atoms with E-state index in [1.54, 1.807) is 48.7 Å². The van der Waals surface area contributed by atoms with Crippen molar-refractivity contribution in [1.82, 2.24) is 15.5 Å². The van der Waals surface area contributed by atoms with E-state index in [4.69, 9.17) is 25.5 Å². The minimum absolute atomic E-state index is 0.149. The normalized spacial score (nSPS) is 16.5. The predicted octanol–water partition coefficient (Wildman–Crippen LogP) is 2.03. The molecule has 6 N–H and O–H groups in total. The lowest BCUT2D eigenvalue weighted by molar-refractivity contribution is -0.137. The molecule has 1 atom stereocenters. The van der Waals surface area contributed by atoms with Crippen LogP contribution < -0.4 is 21.7 Å². The van der Waals surface area contributed by atoms with Gasteiger partial charge in [0.1, 0.15) is 11.7 Å². The first kappa shape index (κ1) is 32.3. The van der Waals surface area contributed by atoms with Gasteiger partial charge in [0.25, 0.3) is 5.91 Å². The molecule has 0 aromatic heterocycles. The highest BCUT2D eigenvalue weighted by molar-refractivity contribution is 6.05. The summed E-state index contributed by atoms with van der Waals surface area (Å²) >= 11 is 0. The number of hydrogen-bond donors (Lipinski definition) is 5. The van der Waals surface area contributed by atoms with Crippen molar-refractivity contribution in [2.75, 3.05) is 57.2 Å². The quantitative estimate of drug-likeness (QED) is 0.0773. The molecule has 4 amide bonds. The first-order valence-electron chi connectivity index (χ1n) is 14.3. The number of piperidine rings is 1. The maximum absolute atomic E-state index is 12.8. The number of amides is 4. The predicted molar refractivity (Wildman–Crippen MR) is 160 cm³/mol. The van der Waals surface area contributed by atoms with Crippen LogP contribution in [-0.2, 0) is 35.1 Å². The Morgan fingerprint density at radius 3 is 2.43 bits per heavy atom. The SMILES string of the molecule is N=N/C(=C\NCCOCCOCCOCCC(=O)Nc1ccc2c(c1)CN(C1CCC(=O)NC1=O)C2=O)c1ccc(N)cc1. The summed E-state index contributed by atoms with van der Waals surface area (Å²) in [7, 11) is 0. The summed E-state index contributed by atoms with van der Waals surface area (Å²) in [6.07, 6.45) is 2.29. The van der Waals surface area contributed by atoms with E-state index in [0.717, 1.165) is 5.56 Å². The molecule has 2 heterocycles. The van der Waals surface area contributed by atoms with E-state index in [2.05, 4.69) is 21.1 Å². The van der Waals surface area contributed by atoms with Crippen molar-refractivity contribution in [3.05, 3.63) is 65.4 Å². The number of nitrogens with two attached hydrogens (primary N) is 1. The van der Waals surface area contributed by atoms with E-state index in [-0.39, 0.29) is 43.7 Å². The number of fused-ring (bicyclic) bond motifs is 1. The molecule has 0 aliphatic carbocycles. The fraction of sp³-hybridized carbons (Fsp3) is 0.400. The molecule has 2 aromatic rings. The summed E-state index contributed by atoms with van der Waals surface area (Å²) < 4.78 is 16.5. The van der Waals surface area contributed by atoms with E-state index < -0.39 is 11.9 Å². The molecule has 4 rings (SSSR count). The highest BCUT2D eigenvalue weighted by Crippen LogP contribution is 2.29. The zero-order valence-corrected chi connectivity index (χ0v) is 24.3. The third kappa shape index (κ3) is 9.17. The van der Waals surface area contributed by atoms with Gasteiger partial charge in [0, 0.05) is 48.2 Å². The third-order valence-corrected chi connectivity index (χ3v) is 6.98. The zero-order chi connectivity index (χ0) is 31.3. The van der Waals surface area contributed by atoms with Crippen LogP contribution in [0.15, 0.2) is 53.8 Å². The number of carbonyl (C=O) groups is 4. The van der Waals surface area contributed by atoms with Gasteiger partial charge in [0.15, 0.2) is 0 Å². The van der Waals surface area contributed by atoms with Gasteiger partial charge >= 0.3 is 0 Å². The summed E-state index contributed by atoms with van der Waals surface area (Å²) in [5, 5.41) is 11.7. The maximum atomic E-state index is 12.8. The first-order chi connectivity index (χ1) is 21.4.